The standard InChI is InChI=1S/C24H30ClF2N5O/c1-5-7-31(14(2)3)22-12-19(16-9-17(26)23(25)18(27)10-16)28-21-11-20(29-32(21)22)24(33)30-8-6-15(4)13-30/h9-12,14-15,20,29H,5-8,13H2,1-4H3/t15-,20?/m0/s1. The Kier molecular flexibility index (Phi) is 6.77. The Morgan fingerprint density at radius 2 is 2.03 bits per heavy atom. The molecule has 1 saturated heterocycles. The van der Waals surface area contributed by atoms with Crippen molar-refractivity contribution in [2.45, 2.75) is 52.6 Å². The number of benzene rings is 1. The molecule has 2 atom stereocenters. The van der Waals surface area contributed by atoms with Gasteiger partial charge >= 0.3 is 0 Å². The second kappa shape index (κ2) is 9.43. The summed E-state index contributed by atoms with van der Waals surface area (Å²) in [6.07, 6.45) is 5.49. The number of carbonyl (C=O) groups is 1. The summed E-state index contributed by atoms with van der Waals surface area (Å²) < 4.78 is 28.4. The molecule has 0 radical (unpaired) electrons. The van der Waals surface area contributed by atoms with Gasteiger partial charge in [-0.25, -0.2) is 24.2 Å². The third-order valence-electron chi connectivity index (χ3n) is 6.21. The molecule has 1 fully saturated rings. The number of carbonyl (C=O) groups excluding carboxylic acids is 1. The zero-order valence-corrected chi connectivity index (χ0v) is 20.2. The molecular weight excluding hydrogens is 448 g/mol. The Bertz CT molecular complexity index is 1010. The minimum Gasteiger partial charge on any atom is -0.354 e. The Morgan fingerprint density at radius 3 is 2.61 bits per heavy atom. The van der Waals surface area contributed by atoms with Crippen LogP contribution in [0.15, 0.2) is 40.9 Å². The van der Waals surface area contributed by atoms with Gasteiger partial charge in [0.15, 0.2) is 0 Å². The van der Waals surface area contributed by atoms with Crippen LogP contribution in [0.4, 0.5) is 8.78 Å². The average molecular weight is 478 g/mol. The van der Waals surface area contributed by atoms with E-state index in [1.54, 1.807) is 12.2 Å². The maximum atomic E-state index is 14.2. The van der Waals surface area contributed by atoms with Crippen molar-refractivity contribution in [1.29, 1.82) is 0 Å². The molecule has 9 heteroatoms. The molecule has 3 heterocycles. The molecule has 1 aromatic rings. The van der Waals surface area contributed by atoms with Gasteiger partial charge in [0, 0.05) is 37.3 Å². The normalized spacial score (nSPS) is 22.4. The van der Waals surface area contributed by atoms with Gasteiger partial charge in [-0.3, -0.25) is 4.79 Å². The lowest BCUT2D eigenvalue weighted by Gasteiger charge is -2.38. The van der Waals surface area contributed by atoms with Gasteiger partial charge in [0.1, 0.15) is 34.3 Å². The van der Waals surface area contributed by atoms with E-state index < -0.39 is 22.7 Å². The number of hydrazine groups is 1. The number of rotatable bonds is 6. The summed E-state index contributed by atoms with van der Waals surface area (Å²) in [5.74, 6) is 0.134. The number of hydrogen-bond donors (Lipinski definition) is 1. The number of halogens is 3. The van der Waals surface area contributed by atoms with Crippen LogP contribution in [-0.4, -0.2) is 58.1 Å². The van der Waals surface area contributed by atoms with Crippen LogP contribution in [-0.2, 0) is 4.79 Å². The third-order valence-corrected chi connectivity index (χ3v) is 6.57. The first kappa shape index (κ1) is 23.7. The molecule has 4 rings (SSSR count). The van der Waals surface area contributed by atoms with Crippen LogP contribution in [0.2, 0.25) is 5.02 Å². The van der Waals surface area contributed by atoms with Crippen molar-refractivity contribution >= 4 is 23.2 Å². The molecular formula is C24H30ClF2N5O. The molecule has 0 aliphatic carbocycles. The molecule has 0 bridgehead atoms. The van der Waals surface area contributed by atoms with Crippen LogP contribution >= 0.6 is 11.6 Å². The highest BCUT2D eigenvalue weighted by Gasteiger charge is 2.38. The lowest BCUT2D eigenvalue weighted by molar-refractivity contribution is -0.131. The van der Waals surface area contributed by atoms with Gasteiger partial charge in [-0.2, -0.15) is 0 Å². The van der Waals surface area contributed by atoms with Crippen LogP contribution < -0.4 is 5.43 Å². The monoisotopic (exact) mass is 477 g/mol. The molecule has 3 aliphatic heterocycles. The molecule has 0 spiro atoms. The molecule has 1 amide bonds. The molecule has 3 aliphatic rings. The predicted molar refractivity (Wildman–Crippen MR) is 125 cm³/mol. The topological polar surface area (TPSA) is 51.2 Å². The van der Waals surface area contributed by atoms with Crippen molar-refractivity contribution in [2.24, 2.45) is 10.9 Å². The van der Waals surface area contributed by atoms with Gasteiger partial charge in [0.2, 0.25) is 5.91 Å². The number of nitrogens with zero attached hydrogens (tertiary/aromatic N) is 4. The lowest BCUT2D eigenvalue weighted by Crippen LogP contribution is -2.50. The average Bonchev–Trinajstić information content (AvgIpc) is 3.40. The van der Waals surface area contributed by atoms with Crippen molar-refractivity contribution in [1.82, 2.24) is 20.2 Å². The fourth-order valence-corrected chi connectivity index (χ4v) is 4.59. The molecule has 0 saturated carbocycles. The first-order chi connectivity index (χ1) is 15.7. The van der Waals surface area contributed by atoms with Crippen molar-refractivity contribution < 1.29 is 13.6 Å². The minimum atomic E-state index is -0.837. The van der Waals surface area contributed by atoms with E-state index in [0.717, 1.165) is 38.3 Å². The van der Waals surface area contributed by atoms with E-state index in [2.05, 4.69) is 43.0 Å². The van der Waals surface area contributed by atoms with Gasteiger partial charge in [-0.1, -0.05) is 25.4 Å². The minimum absolute atomic E-state index is 0.00696. The van der Waals surface area contributed by atoms with E-state index in [1.165, 1.54) is 12.1 Å². The van der Waals surface area contributed by atoms with E-state index in [1.807, 2.05) is 9.91 Å². The van der Waals surface area contributed by atoms with E-state index in [-0.39, 0.29) is 17.5 Å². The zero-order valence-electron chi connectivity index (χ0n) is 19.4. The second-order valence-corrected chi connectivity index (χ2v) is 9.56. The number of likely N-dealkylation sites (tertiary alicyclic amines) is 1. The highest BCUT2D eigenvalue weighted by molar-refractivity contribution is 6.31. The zero-order chi connectivity index (χ0) is 23.9. The molecule has 1 N–H and O–H groups in total. The fraction of sp³-hybridized carbons (Fsp3) is 0.500. The van der Waals surface area contributed by atoms with E-state index in [9.17, 15) is 13.6 Å². The summed E-state index contributed by atoms with van der Waals surface area (Å²) in [6, 6.07) is 1.98. The van der Waals surface area contributed by atoms with Crippen molar-refractivity contribution in [2.75, 3.05) is 19.6 Å². The maximum Gasteiger partial charge on any atom is 0.245 e. The Hall–Kier alpha value is -2.45. The Balaban J connectivity index is 1.73. The van der Waals surface area contributed by atoms with Gasteiger partial charge in [-0.15, -0.1) is 0 Å². The Morgan fingerprint density at radius 1 is 1.33 bits per heavy atom. The van der Waals surface area contributed by atoms with Gasteiger partial charge < -0.3 is 9.80 Å². The van der Waals surface area contributed by atoms with Crippen molar-refractivity contribution in [3.8, 4) is 0 Å². The summed E-state index contributed by atoms with van der Waals surface area (Å²) in [5.41, 5.74) is 3.99. The van der Waals surface area contributed by atoms with Gasteiger partial charge in [-0.05, 0) is 50.8 Å². The van der Waals surface area contributed by atoms with Crippen LogP contribution in [0.3, 0.4) is 0 Å². The first-order valence-electron chi connectivity index (χ1n) is 11.5. The number of allylic oxidation sites excluding steroid dienone is 1. The van der Waals surface area contributed by atoms with Crippen LogP contribution in [0.1, 0.15) is 46.1 Å². The first-order valence-corrected chi connectivity index (χ1v) is 11.9. The smallest absolute Gasteiger partial charge is 0.245 e. The largest absolute Gasteiger partial charge is 0.354 e. The number of amides is 1. The predicted octanol–water partition coefficient (Wildman–Crippen LogP) is 4.28. The van der Waals surface area contributed by atoms with Crippen LogP contribution in [0.5, 0.6) is 0 Å². The molecule has 178 valence electrons. The van der Waals surface area contributed by atoms with Gasteiger partial charge in [0.05, 0.1) is 5.71 Å². The SMILES string of the molecule is CCCN(C1=CC(c2cc(F)c(Cl)c(F)c2)=NC2=CC(C(=O)N3CC[C@H](C)C3)NN21)C(C)C. The number of fused-ring (bicyclic) bond motifs is 1. The highest BCUT2D eigenvalue weighted by atomic mass is 35.5. The maximum absolute atomic E-state index is 14.2. The van der Waals surface area contributed by atoms with Crippen LogP contribution in [0, 0.1) is 17.6 Å². The lowest BCUT2D eigenvalue weighted by atomic mass is 10.1. The molecule has 6 nitrogen and oxygen atoms in total. The summed E-state index contributed by atoms with van der Waals surface area (Å²) >= 11 is 5.68. The quantitative estimate of drug-likeness (QED) is 0.621. The van der Waals surface area contributed by atoms with Crippen molar-refractivity contribution in [3.05, 3.63) is 58.1 Å². The number of aliphatic imine (C=N–C) groups is 1. The van der Waals surface area contributed by atoms with Crippen molar-refractivity contribution in [3.63, 3.8) is 0 Å². The molecule has 1 aromatic carbocycles. The van der Waals surface area contributed by atoms with Gasteiger partial charge in [0.25, 0.3) is 0 Å². The van der Waals surface area contributed by atoms with E-state index in [0.29, 0.717) is 17.5 Å². The summed E-state index contributed by atoms with van der Waals surface area (Å²) in [6.45, 7) is 10.7. The van der Waals surface area contributed by atoms with E-state index >= 15 is 0 Å². The third kappa shape index (κ3) is 4.64. The summed E-state index contributed by atoms with van der Waals surface area (Å²) in [5, 5.41) is 1.27. The number of hydrogen-bond acceptors (Lipinski definition) is 5. The molecule has 0 aromatic heterocycles. The summed E-state index contributed by atoms with van der Waals surface area (Å²) in [4.78, 5) is 21.9. The molecule has 33 heavy (non-hydrogen) atoms. The fourth-order valence-electron chi connectivity index (χ4n) is 4.48. The van der Waals surface area contributed by atoms with Crippen LogP contribution in [0.25, 0.3) is 0 Å². The molecule has 1 unspecified atom stereocenters. The second-order valence-electron chi connectivity index (χ2n) is 9.19. The summed E-state index contributed by atoms with van der Waals surface area (Å²) in [7, 11) is 0. The Labute approximate surface area is 198 Å². The number of nitrogens with one attached hydrogen (secondary N) is 1. The highest BCUT2D eigenvalue weighted by Crippen LogP contribution is 2.31. The van der Waals surface area contributed by atoms with E-state index in [4.69, 9.17) is 11.6 Å².